The monoisotopic (exact) mass is 258 g/mol. The number of thiazole rings is 1. The summed E-state index contributed by atoms with van der Waals surface area (Å²) in [6, 6.07) is 5.70. The van der Waals surface area contributed by atoms with E-state index >= 15 is 0 Å². The Morgan fingerprint density at radius 2 is 2.06 bits per heavy atom. The lowest BCUT2D eigenvalue weighted by Crippen LogP contribution is -2.17. The van der Waals surface area contributed by atoms with Gasteiger partial charge in [0.2, 0.25) is 0 Å². The molecule has 0 N–H and O–H groups in total. The number of ether oxygens (including phenoxy) is 1. The molecule has 0 unspecified atom stereocenters. The van der Waals surface area contributed by atoms with Gasteiger partial charge in [-0.2, -0.15) is 0 Å². The first kappa shape index (κ1) is 11.9. The second kappa shape index (κ2) is 4.37. The van der Waals surface area contributed by atoms with Crippen molar-refractivity contribution in [2.75, 3.05) is 0 Å². The average molecular weight is 258 g/mol. The predicted octanol–water partition coefficient (Wildman–Crippen LogP) is 3.89. The van der Waals surface area contributed by atoms with Gasteiger partial charge in [0.15, 0.2) is 0 Å². The highest BCUT2D eigenvalue weighted by molar-refractivity contribution is 7.13. The van der Waals surface area contributed by atoms with Crippen LogP contribution in [-0.2, 0) is 0 Å². The molecule has 0 aliphatic carbocycles. The van der Waals surface area contributed by atoms with Gasteiger partial charge in [-0.05, 0) is 19.1 Å². The molecule has 0 atom stereocenters. The minimum Gasteiger partial charge on any atom is -0.406 e. The lowest BCUT2D eigenvalue weighted by molar-refractivity contribution is -0.274. The van der Waals surface area contributed by atoms with Gasteiger partial charge < -0.3 is 4.74 Å². The number of hydrogen-bond acceptors (Lipinski definition) is 3. The smallest absolute Gasteiger partial charge is 0.406 e. The molecule has 6 heteroatoms. The fourth-order valence-electron chi connectivity index (χ4n) is 1.27. The second-order valence-corrected chi connectivity index (χ2v) is 4.08. The molecule has 0 bridgehead atoms. The van der Waals surface area contributed by atoms with Gasteiger partial charge in [-0.1, -0.05) is 12.1 Å². The molecule has 1 aromatic heterocycles. The van der Waals surface area contributed by atoms with Gasteiger partial charge in [0.05, 0.1) is 5.69 Å². The standard InChI is InChI=1S/C11H7F3NOS/c1-7-6-17-10(15-7)8-3-2-4-9(5-8)16-11(12,13)14/h2-6H,1H2. The first-order valence-corrected chi connectivity index (χ1v) is 5.46. The Balaban J connectivity index is 2.29. The Hall–Kier alpha value is -1.56. The van der Waals surface area contributed by atoms with Crippen molar-refractivity contribution >= 4 is 11.3 Å². The quantitative estimate of drug-likeness (QED) is 0.815. The van der Waals surface area contributed by atoms with Crippen LogP contribution in [0.2, 0.25) is 0 Å². The highest BCUT2D eigenvalue weighted by atomic mass is 32.1. The SMILES string of the molecule is [CH2]c1csc(-c2cccc(OC(F)(F)F)c2)n1. The third kappa shape index (κ3) is 3.20. The van der Waals surface area contributed by atoms with Gasteiger partial charge in [-0.15, -0.1) is 24.5 Å². The van der Waals surface area contributed by atoms with Crippen molar-refractivity contribution in [3.63, 3.8) is 0 Å². The van der Waals surface area contributed by atoms with Crippen LogP contribution >= 0.6 is 11.3 Å². The molecule has 2 nitrogen and oxygen atoms in total. The Labute approximate surface area is 99.7 Å². The summed E-state index contributed by atoms with van der Waals surface area (Å²) in [6.07, 6.45) is -4.68. The van der Waals surface area contributed by atoms with Crippen LogP contribution in [0.1, 0.15) is 5.69 Å². The maximum atomic E-state index is 12.0. The Kier molecular flexibility index (Phi) is 3.06. The largest absolute Gasteiger partial charge is 0.573 e. The van der Waals surface area contributed by atoms with E-state index in [2.05, 4.69) is 16.6 Å². The first-order valence-electron chi connectivity index (χ1n) is 4.58. The molecule has 0 saturated carbocycles. The number of nitrogens with zero attached hydrogens (tertiary/aromatic N) is 1. The highest BCUT2D eigenvalue weighted by Crippen LogP contribution is 2.29. The van der Waals surface area contributed by atoms with Crippen molar-refractivity contribution in [3.05, 3.63) is 42.3 Å². The van der Waals surface area contributed by atoms with E-state index in [0.717, 1.165) is 0 Å². The summed E-state index contributed by atoms with van der Waals surface area (Å²) in [6.45, 7) is 3.64. The lowest BCUT2D eigenvalue weighted by Gasteiger charge is -2.09. The summed E-state index contributed by atoms with van der Waals surface area (Å²) >= 11 is 1.32. The van der Waals surface area contributed by atoms with E-state index in [1.807, 2.05) is 0 Å². The van der Waals surface area contributed by atoms with Crippen LogP contribution in [0.15, 0.2) is 29.6 Å². The Bertz CT molecular complexity index is 521. The average Bonchev–Trinajstić information content (AvgIpc) is 2.63. The van der Waals surface area contributed by atoms with E-state index in [1.54, 1.807) is 11.4 Å². The summed E-state index contributed by atoms with van der Waals surface area (Å²) in [5.74, 6) is -0.254. The third-order valence-electron chi connectivity index (χ3n) is 1.87. The summed E-state index contributed by atoms with van der Waals surface area (Å²) in [5.41, 5.74) is 1.17. The van der Waals surface area contributed by atoms with Crippen LogP contribution in [0.4, 0.5) is 13.2 Å². The molecule has 0 fully saturated rings. The van der Waals surface area contributed by atoms with E-state index in [9.17, 15) is 13.2 Å². The Morgan fingerprint density at radius 1 is 1.29 bits per heavy atom. The maximum Gasteiger partial charge on any atom is 0.573 e. The van der Waals surface area contributed by atoms with Gasteiger partial charge in [0.25, 0.3) is 0 Å². The molecule has 0 spiro atoms. The number of rotatable bonds is 2. The van der Waals surface area contributed by atoms with Gasteiger partial charge >= 0.3 is 6.36 Å². The number of hydrogen-bond donors (Lipinski definition) is 0. The zero-order chi connectivity index (χ0) is 12.5. The molecule has 0 saturated heterocycles. The van der Waals surface area contributed by atoms with Gasteiger partial charge in [-0.3, -0.25) is 0 Å². The number of alkyl halides is 3. The fourth-order valence-corrected chi connectivity index (χ4v) is 2.00. The van der Waals surface area contributed by atoms with E-state index < -0.39 is 6.36 Å². The summed E-state index contributed by atoms with van der Waals surface area (Å²) in [5, 5.41) is 2.34. The zero-order valence-corrected chi connectivity index (χ0v) is 9.31. The van der Waals surface area contributed by atoms with Crippen LogP contribution in [0.3, 0.4) is 0 Å². The third-order valence-corrected chi connectivity index (χ3v) is 2.81. The number of benzene rings is 1. The summed E-state index contributed by atoms with van der Waals surface area (Å²) < 4.78 is 39.9. The molecule has 1 aromatic carbocycles. The van der Waals surface area contributed by atoms with Crippen molar-refractivity contribution in [1.29, 1.82) is 0 Å². The van der Waals surface area contributed by atoms with Crippen LogP contribution < -0.4 is 4.74 Å². The van der Waals surface area contributed by atoms with E-state index in [0.29, 0.717) is 16.3 Å². The van der Waals surface area contributed by atoms with E-state index in [-0.39, 0.29) is 5.75 Å². The molecule has 2 aromatic rings. The van der Waals surface area contributed by atoms with Crippen molar-refractivity contribution in [3.8, 4) is 16.3 Å². The van der Waals surface area contributed by atoms with Crippen molar-refractivity contribution in [1.82, 2.24) is 4.98 Å². The fraction of sp³-hybridized carbons (Fsp3) is 0.0909. The van der Waals surface area contributed by atoms with Gasteiger partial charge in [-0.25, -0.2) is 4.98 Å². The lowest BCUT2D eigenvalue weighted by atomic mass is 10.2. The molecule has 0 amide bonds. The topological polar surface area (TPSA) is 22.1 Å². The summed E-state index contributed by atoms with van der Waals surface area (Å²) in [4.78, 5) is 4.09. The van der Waals surface area contributed by atoms with Crippen molar-refractivity contribution in [2.45, 2.75) is 6.36 Å². The van der Waals surface area contributed by atoms with Crippen molar-refractivity contribution in [2.24, 2.45) is 0 Å². The Morgan fingerprint density at radius 3 is 2.65 bits per heavy atom. The van der Waals surface area contributed by atoms with E-state index in [4.69, 9.17) is 0 Å². The number of aromatic nitrogens is 1. The second-order valence-electron chi connectivity index (χ2n) is 3.22. The molecule has 2 rings (SSSR count). The summed E-state index contributed by atoms with van der Waals surface area (Å²) in [7, 11) is 0. The highest BCUT2D eigenvalue weighted by Gasteiger charge is 2.31. The van der Waals surface area contributed by atoms with Crippen LogP contribution in [0.25, 0.3) is 10.6 Å². The molecule has 89 valence electrons. The van der Waals surface area contributed by atoms with Gasteiger partial charge in [0, 0.05) is 10.9 Å². The van der Waals surface area contributed by atoms with Crippen molar-refractivity contribution < 1.29 is 17.9 Å². The number of halogens is 3. The van der Waals surface area contributed by atoms with E-state index in [1.165, 1.54) is 29.5 Å². The molecule has 0 aliphatic rings. The van der Waals surface area contributed by atoms with Crippen LogP contribution in [-0.4, -0.2) is 11.3 Å². The molecular weight excluding hydrogens is 251 g/mol. The molecule has 1 radical (unpaired) electrons. The normalized spacial score (nSPS) is 11.5. The molecule has 17 heavy (non-hydrogen) atoms. The minimum atomic E-state index is -4.68. The predicted molar refractivity (Wildman–Crippen MR) is 58.7 cm³/mol. The molecule has 0 aliphatic heterocycles. The molecular formula is C11H7F3NOS. The van der Waals surface area contributed by atoms with Gasteiger partial charge in [0.1, 0.15) is 10.8 Å². The van der Waals surface area contributed by atoms with Crippen LogP contribution in [0, 0.1) is 6.92 Å². The minimum absolute atomic E-state index is 0.254. The molecule has 1 heterocycles. The first-order chi connectivity index (χ1) is 7.94. The van der Waals surface area contributed by atoms with Crippen LogP contribution in [0.5, 0.6) is 5.75 Å². The zero-order valence-electron chi connectivity index (χ0n) is 8.49. The maximum absolute atomic E-state index is 12.0.